The molecule has 26 heavy (non-hydrogen) atoms. The second-order valence-electron chi connectivity index (χ2n) is 7.09. The molecule has 0 radical (unpaired) electrons. The molecule has 3 rings (SSSR count). The fourth-order valence-electron chi connectivity index (χ4n) is 3.64. The Morgan fingerprint density at radius 2 is 1.62 bits per heavy atom. The number of nitrogens with zero attached hydrogens (tertiary/aromatic N) is 1. The Kier molecular flexibility index (Phi) is 5.70. The van der Waals surface area contributed by atoms with Gasteiger partial charge in [-0.05, 0) is 60.5 Å². The molecule has 0 spiro atoms. The topological polar surface area (TPSA) is 63.6 Å². The number of piperidine rings is 1. The van der Waals surface area contributed by atoms with Crippen LogP contribution in [0, 0.1) is 5.92 Å². The second-order valence-corrected chi connectivity index (χ2v) is 8.91. The number of rotatable bonds is 5. The second kappa shape index (κ2) is 7.82. The molecule has 2 aromatic carbocycles. The maximum absolute atomic E-state index is 13.5. The molecule has 2 atom stereocenters. The van der Waals surface area contributed by atoms with Crippen molar-refractivity contribution in [3.63, 3.8) is 0 Å². The predicted octanol–water partition coefficient (Wildman–Crippen LogP) is 3.65. The van der Waals surface area contributed by atoms with Gasteiger partial charge in [0.1, 0.15) is 10.7 Å². The van der Waals surface area contributed by atoms with Gasteiger partial charge in [0.05, 0.1) is 0 Å². The first-order chi connectivity index (χ1) is 12.4. The summed E-state index contributed by atoms with van der Waals surface area (Å²) >= 11 is -1.37. The minimum absolute atomic E-state index is 0.629. The van der Waals surface area contributed by atoms with E-state index in [2.05, 4.69) is 4.90 Å². The largest absolute Gasteiger partial charge is 0.611 e. The lowest BCUT2D eigenvalue weighted by atomic mass is 9.84. The van der Waals surface area contributed by atoms with E-state index in [1.54, 1.807) is 6.92 Å². The molecule has 5 heteroatoms. The van der Waals surface area contributed by atoms with E-state index in [4.69, 9.17) is 0 Å². The van der Waals surface area contributed by atoms with E-state index >= 15 is 0 Å². The Hall–Kier alpha value is -1.82. The van der Waals surface area contributed by atoms with Crippen LogP contribution in [0.4, 0.5) is 0 Å². The van der Waals surface area contributed by atoms with E-state index in [0.717, 1.165) is 24.2 Å². The van der Waals surface area contributed by atoms with Crippen molar-refractivity contribution in [1.29, 1.82) is 0 Å². The Bertz CT molecular complexity index is 740. The van der Waals surface area contributed by atoms with Crippen LogP contribution in [0.1, 0.15) is 19.8 Å². The molecule has 1 aliphatic heterocycles. The molecule has 1 N–H and O–H groups in total. The molecule has 0 aromatic heterocycles. The van der Waals surface area contributed by atoms with Crippen LogP contribution < -0.4 is 0 Å². The third-order valence-corrected chi connectivity index (χ3v) is 7.74. The molecule has 2 aromatic rings. The highest BCUT2D eigenvalue weighted by Crippen LogP contribution is 2.41. The summed E-state index contributed by atoms with van der Waals surface area (Å²) in [6.45, 7) is 3.24. The number of aliphatic carboxylic acids is 1. The Labute approximate surface area is 158 Å². The maximum Gasteiger partial charge on any atom is 0.311 e. The van der Waals surface area contributed by atoms with Gasteiger partial charge in [-0.1, -0.05) is 30.3 Å². The van der Waals surface area contributed by atoms with E-state index in [9.17, 15) is 14.5 Å². The quantitative estimate of drug-likeness (QED) is 0.815. The van der Waals surface area contributed by atoms with E-state index in [1.807, 2.05) is 61.6 Å². The smallest absolute Gasteiger partial charge is 0.311 e. The van der Waals surface area contributed by atoms with E-state index < -0.39 is 27.8 Å². The predicted molar refractivity (Wildman–Crippen MR) is 105 cm³/mol. The molecule has 138 valence electrons. The summed E-state index contributed by atoms with van der Waals surface area (Å²) in [7, 11) is 2.02. The zero-order chi connectivity index (χ0) is 18.7. The number of hydrogen-bond donors (Lipinski definition) is 1. The maximum atomic E-state index is 13.5. The molecule has 0 bridgehead atoms. The van der Waals surface area contributed by atoms with Crippen LogP contribution in [-0.2, 0) is 16.0 Å². The van der Waals surface area contributed by atoms with Crippen molar-refractivity contribution in [3.8, 4) is 11.1 Å². The van der Waals surface area contributed by atoms with Gasteiger partial charge in [0.15, 0.2) is 4.90 Å². The van der Waals surface area contributed by atoms with Gasteiger partial charge in [-0.2, -0.15) is 0 Å². The monoisotopic (exact) mass is 371 g/mol. The Morgan fingerprint density at radius 1 is 1.08 bits per heavy atom. The molecule has 1 aliphatic rings. The third-order valence-electron chi connectivity index (χ3n) is 5.54. The summed E-state index contributed by atoms with van der Waals surface area (Å²) in [5.41, 5.74) is 2.17. The SMILES string of the molecule is CC(C(=O)O)C1([S+]([O-])c2ccc(-c3ccccc3)cc2)CCN(C)CC1. The zero-order valence-electron chi connectivity index (χ0n) is 15.2. The van der Waals surface area contributed by atoms with Crippen molar-refractivity contribution in [2.75, 3.05) is 20.1 Å². The van der Waals surface area contributed by atoms with Gasteiger partial charge in [0.2, 0.25) is 0 Å². The first-order valence-corrected chi connectivity index (χ1v) is 10.1. The highest BCUT2D eigenvalue weighted by molar-refractivity contribution is 7.92. The van der Waals surface area contributed by atoms with Crippen LogP contribution in [0.25, 0.3) is 11.1 Å². The average molecular weight is 372 g/mol. The fraction of sp³-hybridized carbons (Fsp3) is 0.381. The minimum Gasteiger partial charge on any atom is -0.611 e. The van der Waals surface area contributed by atoms with Gasteiger partial charge in [-0.3, -0.25) is 4.79 Å². The van der Waals surface area contributed by atoms with Crippen LogP contribution >= 0.6 is 0 Å². The average Bonchev–Trinajstić information content (AvgIpc) is 2.68. The van der Waals surface area contributed by atoms with E-state index in [-0.39, 0.29) is 0 Å². The van der Waals surface area contributed by atoms with Crippen molar-refractivity contribution >= 4 is 17.1 Å². The standard InChI is InChI=1S/C21H25NO3S/c1-16(20(23)24)21(12-14-22(2)15-13-21)26(25)19-10-8-18(9-11-19)17-6-4-3-5-7-17/h3-11,16H,12-15H2,1-2H3,(H,23,24). The lowest BCUT2D eigenvalue weighted by molar-refractivity contribution is -0.142. The summed E-state index contributed by atoms with van der Waals surface area (Å²) in [5, 5.41) is 9.61. The summed E-state index contributed by atoms with van der Waals surface area (Å²) in [6.07, 6.45) is 1.26. The molecule has 0 saturated carbocycles. The molecule has 1 heterocycles. The first-order valence-electron chi connectivity index (χ1n) is 8.93. The highest BCUT2D eigenvalue weighted by atomic mass is 32.2. The van der Waals surface area contributed by atoms with E-state index in [1.165, 1.54) is 0 Å². The van der Waals surface area contributed by atoms with Crippen LogP contribution in [0.2, 0.25) is 0 Å². The van der Waals surface area contributed by atoms with Crippen molar-refractivity contribution in [1.82, 2.24) is 4.90 Å². The molecular formula is C21H25NO3S. The lowest BCUT2D eigenvalue weighted by Gasteiger charge is -2.43. The van der Waals surface area contributed by atoms with Gasteiger partial charge in [-0.25, -0.2) is 0 Å². The molecule has 1 fully saturated rings. The van der Waals surface area contributed by atoms with Crippen LogP contribution in [0.15, 0.2) is 59.5 Å². The Morgan fingerprint density at radius 3 is 2.15 bits per heavy atom. The third kappa shape index (κ3) is 3.65. The molecule has 2 unspecified atom stereocenters. The number of carbonyl (C=O) groups is 1. The van der Waals surface area contributed by atoms with Crippen molar-refractivity contribution < 1.29 is 14.5 Å². The summed E-state index contributed by atoms with van der Waals surface area (Å²) in [6, 6.07) is 17.7. The van der Waals surface area contributed by atoms with Crippen LogP contribution in [-0.4, -0.2) is 45.4 Å². The van der Waals surface area contributed by atoms with Gasteiger partial charge in [0, 0.05) is 25.9 Å². The van der Waals surface area contributed by atoms with Gasteiger partial charge in [0.25, 0.3) is 0 Å². The minimum atomic E-state index is -1.37. The lowest BCUT2D eigenvalue weighted by Crippen LogP contribution is -2.54. The van der Waals surface area contributed by atoms with Crippen molar-refractivity contribution in [2.24, 2.45) is 5.92 Å². The van der Waals surface area contributed by atoms with Gasteiger partial charge < -0.3 is 14.6 Å². The van der Waals surface area contributed by atoms with Crippen LogP contribution in [0.5, 0.6) is 0 Å². The molecule has 0 amide bonds. The molecular weight excluding hydrogens is 346 g/mol. The molecule has 4 nitrogen and oxygen atoms in total. The Balaban J connectivity index is 1.89. The fourth-order valence-corrected chi connectivity index (χ4v) is 5.47. The zero-order valence-corrected chi connectivity index (χ0v) is 16.0. The van der Waals surface area contributed by atoms with Crippen LogP contribution in [0.3, 0.4) is 0 Å². The first kappa shape index (κ1) is 19.0. The summed E-state index contributed by atoms with van der Waals surface area (Å²) in [4.78, 5) is 14.6. The number of carboxylic acids is 1. The normalized spacial score (nSPS) is 19.7. The van der Waals surface area contributed by atoms with E-state index in [0.29, 0.717) is 17.7 Å². The number of likely N-dealkylation sites (tertiary alicyclic amines) is 1. The molecule has 1 saturated heterocycles. The van der Waals surface area contributed by atoms with Gasteiger partial charge >= 0.3 is 5.97 Å². The highest BCUT2D eigenvalue weighted by Gasteiger charge is 2.52. The number of benzene rings is 2. The molecule has 0 aliphatic carbocycles. The summed E-state index contributed by atoms with van der Waals surface area (Å²) < 4.78 is 12.7. The number of hydrogen-bond acceptors (Lipinski definition) is 3. The summed E-state index contributed by atoms with van der Waals surface area (Å²) in [5.74, 6) is -1.52. The van der Waals surface area contributed by atoms with Crippen molar-refractivity contribution in [3.05, 3.63) is 54.6 Å². The van der Waals surface area contributed by atoms with Crippen molar-refractivity contribution in [2.45, 2.75) is 29.4 Å². The van der Waals surface area contributed by atoms with Gasteiger partial charge in [-0.15, -0.1) is 0 Å². The number of carboxylic acid groups (broad SMARTS) is 1.